The standard InChI is InChI=1S/C22H31N5O3S/c1-25(14-16-7-10-18(29-2)19(13-16)30-3)20(28)15-31-22-24-23-21(27(22)17-8-9-17)26-11-5-4-6-12-26/h7,10,13,17H,4-6,8-9,11-12,14-15H2,1-3H3. The summed E-state index contributed by atoms with van der Waals surface area (Å²) in [5.74, 6) is 2.73. The molecule has 2 fully saturated rings. The largest absolute Gasteiger partial charge is 0.493 e. The van der Waals surface area contributed by atoms with Crippen molar-refractivity contribution in [3.05, 3.63) is 23.8 Å². The van der Waals surface area contributed by atoms with Crippen LogP contribution in [0.15, 0.2) is 23.4 Å². The van der Waals surface area contributed by atoms with Gasteiger partial charge in [0.15, 0.2) is 16.7 Å². The summed E-state index contributed by atoms with van der Waals surface area (Å²) in [6.45, 7) is 2.60. The molecule has 0 N–H and O–H groups in total. The normalized spacial score (nSPS) is 16.3. The molecule has 1 amide bonds. The second-order valence-corrected chi connectivity index (χ2v) is 9.10. The predicted molar refractivity (Wildman–Crippen MR) is 121 cm³/mol. The molecule has 0 radical (unpaired) electrons. The molecular formula is C22H31N5O3S. The van der Waals surface area contributed by atoms with Gasteiger partial charge in [-0.15, -0.1) is 10.2 Å². The predicted octanol–water partition coefficient (Wildman–Crippen LogP) is 3.37. The quantitative estimate of drug-likeness (QED) is 0.548. The van der Waals surface area contributed by atoms with Gasteiger partial charge in [0.05, 0.1) is 20.0 Å². The Labute approximate surface area is 187 Å². The Balaban J connectivity index is 1.38. The van der Waals surface area contributed by atoms with Crippen LogP contribution in [-0.4, -0.2) is 65.7 Å². The second-order valence-electron chi connectivity index (χ2n) is 8.16. The maximum Gasteiger partial charge on any atom is 0.233 e. The summed E-state index contributed by atoms with van der Waals surface area (Å²) in [5.41, 5.74) is 0.993. The van der Waals surface area contributed by atoms with Gasteiger partial charge < -0.3 is 19.3 Å². The van der Waals surface area contributed by atoms with E-state index in [1.165, 1.54) is 43.9 Å². The van der Waals surface area contributed by atoms with Gasteiger partial charge in [0, 0.05) is 32.7 Å². The summed E-state index contributed by atoms with van der Waals surface area (Å²) in [7, 11) is 5.05. The van der Waals surface area contributed by atoms with Crippen LogP contribution in [0, 0.1) is 0 Å². The van der Waals surface area contributed by atoms with E-state index in [9.17, 15) is 4.79 Å². The Bertz CT molecular complexity index is 909. The number of carbonyl (C=O) groups is 1. The molecule has 0 atom stereocenters. The van der Waals surface area contributed by atoms with E-state index in [1.54, 1.807) is 19.1 Å². The van der Waals surface area contributed by atoms with Crippen molar-refractivity contribution in [2.24, 2.45) is 0 Å². The number of hydrogen-bond donors (Lipinski definition) is 0. The fourth-order valence-corrected chi connectivity index (χ4v) is 4.85. The molecule has 1 saturated heterocycles. The summed E-state index contributed by atoms with van der Waals surface area (Å²) >= 11 is 1.49. The molecule has 1 aliphatic heterocycles. The molecule has 2 aromatic rings. The van der Waals surface area contributed by atoms with E-state index in [2.05, 4.69) is 19.7 Å². The van der Waals surface area contributed by atoms with E-state index in [0.29, 0.717) is 29.8 Å². The molecule has 9 heteroatoms. The third kappa shape index (κ3) is 5.08. The summed E-state index contributed by atoms with van der Waals surface area (Å²) in [6.07, 6.45) is 6.04. The molecule has 0 spiro atoms. The maximum absolute atomic E-state index is 12.8. The number of amides is 1. The zero-order valence-corrected chi connectivity index (χ0v) is 19.4. The number of hydrogen-bond acceptors (Lipinski definition) is 7. The van der Waals surface area contributed by atoms with Gasteiger partial charge in [-0.3, -0.25) is 9.36 Å². The third-order valence-electron chi connectivity index (χ3n) is 5.82. The maximum atomic E-state index is 12.8. The lowest BCUT2D eigenvalue weighted by Gasteiger charge is -2.27. The summed E-state index contributed by atoms with van der Waals surface area (Å²) < 4.78 is 12.9. The van der Waals surface area contributed by atoms with E-state index < -0.39 is 0 Å². The number of aromatic nitrogens is 3. The van der Waals surface area contributed by atoms with Crippen molar-refractivity contribution in [2.75, 3.05) is 45.0 Å². The van der Waals surface area contributed by atoms with E-state index in [4.69, 9.17) is 9.47 Å². The average Bonchev–Trinajstić information content (AvgIpc) is 3.56. The lowest BCUT2D eigenvalue weighted by Crippen LogP contribution is -2.32. The number of benzene rings is 1. The Hall–Kier alpha value is -2.42. The summed E-state index contributed by atoms with van der Waals surface area (Å²) in [5, 5.41) is 9.79. The molecule has 1 aromatic heterocycles. The number of rotatable bonds is 9. The molecule has 0 unspecified atom stereocenters. The van der Waals surface area contributed by atoms with E-state index in [0.717, 1.165) is 29.8 Å². The van der Waals surface area contributed by atoms with Crippen LogP contribution in [0.1, 0.15) is 43.7 Å². The molecular weight excluding hydrogens is 414 g/mol. The van der Waals surface area contributed by atoms with Crippen LogP contribution in [-0.2, 0) is 11.3 Å². The molecule has 1 aliphatic carbocycles. The van der Waals surface area contributed by atoms with Crippen molar-refractivity contribution in [3.63, 3.8) is 0 Å². The highest BCUT2D eigenvalue weighted by atomic mass is 32.2. The molecule has 2 aliphatic rings. The zero-order valence-electron chi connectivity index (χ0n) is 18.5. The minimum absolute atomic E-state index is 0.0599. The summed E-state index contributed by atoms with van der Waals surface area (Å²) in [4.78, 5) is 16.9. The van der Waals surface area contributed by atoms with Gasteiger partial charge in [0.2, 0.25) is 11.9 Å². The monoisotopic (exact) mass is 445 g/mol. The van der Waals surface area contributed by atoms with Crippen LogP contribution >= 0.6 is 11.8 Å². The number of piperidine rings is 1. The van der Waals surface area contributed by atoms with Crippen LogP contribution in [0.3, 0.4) is 0 Å². The first kappa shape index (κ1) is 21.8. The molecule has 1 aromatic carbocycles. The van der Waals surface area contributed by atoms with E-state index >= 15 is 0 Å². The van der Waals surface area contributed by atoms with Gasteiger partial charge >= 0.3 is 0 Å². The van der Waals surface area contributed by atoms with Crippen molar-refractivity contribution in [1.82, 2.24) is 19.7 Å². The van der Waals surface area contributed by atoms with Gasteiger partial charge in [-0.1, -0.05) is 17.8 Å². The highest BCUT2D eigenvalue weighted by Gasteiger charge is 2.32. The minimum atomic E-state index is 0.0599. The lowest BCUT2D eigenvalue weighted by molar-refractivity contribution is -0.127. The first-order valence-electron chi connectivity index (χ1n) is 10.9. The number of ether oxygens (including phenoxy) is 2. The second kappa shape index (κ2) is 9.80. The Morgan fingerprint density at radius 1 is 1.13 bits per heavy atom. The average molecular weight is 446 g/mol. The number of nitrogens with zero attached hydrogens (tertiary/aromatic N) is 5. The van der Waals surface area contributed by atoms with Gasteiger partial charge in [0.25, 0.3) is 0 Å². The fourth-order valence-electron chi connectivity index (χ4n) is 3.91. The van der Waals surface area contributed by atoms with Crippen molar-refractivity contribution in [1.29, 1.82) is 0 Å². The van der Waals surface area contributed by atoms with Crippen LogP contribution in [0.25, 0.3) is 0 Å². The van der Waals surface area contributed by atoms with Crippen LogP contribution in [0.4, 0.5) is 5.95 Å². The van der Waals surface area contributed by atoms with Gasteiger partial charge in [-0.2, -0.15) is 0 Å². The zero-order chi connectivity index (χ0) is 21.8. The lowest BCUT2D eigenvalue weighted by atomic mass is 10.1. The van der Waals surface area contributed by atoms with Crippen molar-refractivity contribution in [3.8, 4) is 11.5 Å². The SMILES string of the molecule is COc1ccc(CN(C)C(=O)CSc2nnc(N3CCCCC3)n2C2CC2)cc1OC. The molecule has 0 bridgehead atoms. The Morgan fingerprint density at radius 2 is 1.87 bits per heavy atom. The van der Waals surface area contributed by atoms with Crippen LogP contribution in [0.5, 0.6) is 11.5 Å². The first-order valence-corrected chi connectivity index (χ1v) is 11.9. The highest BCUT2D eigenvalue weighted by molar-refractivity contribution is 7.99. The summed E-state index contributed by atoms with van der Waals surface area (Å²) in [6, 6.07) is 6.20. The molecule has 4 rings (SSSR count). The van der Waals surface area contributed by atoms with Gasteiger partial charge in [-0.25, -0.2) is 0 Å². The number of thioether (sulfide) groups is 1. The first-order chi connectivity index (χ1) is 15.1. The third-order valence-corrected chi connectivity index (χ3v) is 6.74. The Kier molecular flexibility index (Phi) is 6.89. The number of anilines is 1. The number of carbonyl (C=O) groups excluding carboxylic acids is 1. The Morgan fingerprint density at radius 3 is 2.55 bits per heavy atom. The van der Waals surface area contributed by atoms with Crippen molar-refractivity contribution in [2.45, 2.75) is 49.8 Å². The van der Waals surface area contributed by atoms with E-state index in [1.807, 2.05) is 25.2 Å². The fraction of sp³-hybridized carbons (Fsp3) is 0.591. The molecule has 8 nitrogen and oxygen atoms in total. The molecule has 168 valence electrons. The molecule has 2 heterocycles. The molecule has 31 heavy (non-hydrogen) atoms. The van der Waals surface area contributed by atoms with Gasteiger partial charge in [-0.05, 0) is 49.8 Å². The van der Waals surface area contributed by atoms with Crippen molar-refractivity contribution < 1.29 is 14.3 Å². The topological polar surface area (TPSA) is 72.7 Å². The number of methoxy groups -OCH3 is 2. The van der Waals surface area contributed by atoms with Gasteiger partial charge in [0.1, 0.15) is 0 Å². The van der Waals surface area contributed by atoms with Crippen molar-refractivity contribution >= 4 is 23.6 Å². The van der Waals surface area contributed by atoms with Crippen LogP contribution < -0.4 is 14.4 Å². The highest BCUT2D eigenvalue weighted by Crippen LogP contribution is 2.41. The van der Waals surface area contributed by atoms with E-state index in [-0.39, 0.29) is 5.91 Å². The van der Waals surface area contributed by atoms with Crippen LogP contribution in [0.2, 0.25) is 0 Å². The molecule has 1 saturated carbocycles. The minimum Gasteiger partial charge on any atom is -0.493 e. The smallest absolute Gasteiger partial charge is 0.233 e.